The van der Waals surface area contributed by atoms with E-state index in [0.29, 0.717) is 25.9 Å². The number of carbonyl (C=O) groups is 2. The van der Waals surface area contributed by atoms with Crippen molar-refractivity contribution in [3.05, 3.63) is 0 Å². The molecule has 0 aromatic rings. The average molecular weight is 921 g/mol. The second kappa shape index (κ2) is 55.5. The summed E-state index contributed by atoms with van der Waals surface area (Å²) in [5.74, 6) is -0.0188. The number of carbonyl (C=O) groups excluding carboxylic acids is 2. The molecule has 3 N–H and O–H groups in total. The van der Waals surface area contributed by atoms with Gasteiger partial charge in [0.2, 0.25) is 5.91 Å². The number of aliphatic hydroxyl groups is 2. The Bertz CT molecular complexity index is 928. The van der Waals surface area contributed by atoms with Crippen molar-refractivity contribution in [2.75, 3.05) is 13.2 Å². The molecule has 0 aliphatic heterocycles. The van der Waals surface area contributed by atoms with Crippen LogP contribution < -0.4 is 5.32 Å². The Hall–Kier alpha value is -1.14. The van der Waals surface area contributed by atoms with Gasteiger partial charge in [-0.1, -0.05) is 303 Å². The molecule has 0 saturated heterocycles. The number of aliphatic hydroxyl groups excluding tert-OH is 2. The number of ether oxygens (including phenoxy) is 1. The van der Waals surface area contributed by atoms with E-state index in [1.165, 1.54) is 270 Å². The molecule has 0 aromatic heterocycles. The highest BCUT2D eigenvalue weighted by Crippen LogP contribution is 2.18. The predicted molar refractivity (Wildman–Crippen MR) is 283 cm³/mol. The number of nitrogens with one attached hydrogen (secondary N) is 1. The van der Waals surface area contributed by atoms with Gasteiger partial charge in [-0.2, -0.15) is 0 Å². The fourth-order valence-electron chi connectivity index (χ4n) is 9.58. The third-order valence-electron chi connectivity index (χ3n) is 14.2. The molecule has 2 unspecified atom stereocenters. The largest absolute Gasteiger partial charge is 0.466 e. The summed E-state index contributed by atoms with van der Waals surface area (Å²) in [5.41, 5.74) is 0. The number of rotatable bonds is 56. The van der Waals surface area contributed by atoms with Gasteiger partial charge >= 0.3 is 5.97 Å². The molecule has 2 atom stereocenters. The number of amides is 1. The van der Waals surface area contributed by atoms with Gasteiger partial charge in [0.25, 0.3) is 0 Å². The maximum atomic E-state index is 12.4. The van der Waals surface area contributed by atoms with Crippen molar-refractivity contribution in [1.82, 2.24) is 5.32 Å². The summed E-state index contributed by atoms with van der Waals surface area (Å²) in [6.07, 6.45) is 63.9. The van der Waals surface area contributed by atoms with Crippen molar-refractivity contribution < 1.29 is 24.5 Å². The van der Waals surface area contributed by atoms with Gasteiger partial charge in [-0.3, -0.25) is 9.59 Å². The summed E-state index contributed by atoms with van der Waals surface area (Å²) < 4.78 is 5.49. The van der Waals surface area contributed by atoms with Crippen molar-refractivity contribution in [2.45, 2.75) is 353 Å². The van der Waals surface area contributed by atoms with E-state index < -0.39 is 12.1 Å². The van der Waals surface area contributed by atoms with E-state index in [1.54, 1.807) is 0 Å². The lowest BCUT2D eigenvalue weighted by molar-refractivity contribution is -0.143. The zero-order valence-electron chi connectivity index (χ0n) is 44.3. The highest BCUT2D eigenvalue weighted by molar-refractivity contribution is 5.76. The van der Waals surface area contributed by atoms with Gasteiger partial charge < -0.3 is 20.3 Å². The maximum Gasteiger partial charge on any atom is 0.305 e. The average Bonchev–Trinajstić information content (AvgIpc) is 3.31. The lowest BCUT2D eigenvalue weighted by atomic mass is 10.0. The summed E-state index contributed by atoms with van der Waals surface area (Å²) >= 11 is 0. The van der Waals surface area contributed by atoms with E-state index >= 15 is 0 Å². The van der Waals surface area contributed by atoms with Crippen LogP contribution in [0.1, 0.15) is 341 Å². The van der Waals surface area contributed by atoms with E-state index in [0.717, 1.165) is 38.5 Å². The molecule has 0 spiro atoms. The van der Waals surface area contributed by atoms with Crippen molar-refractivity contribution in [2.24, 2.45) is 0 Å². The van der Waals surface area contributed by atoms with E-state index in [-0.39, 0.29) is 18.5 Å². The molecule has 0 fully saturated rings. The van der Waals surface area contributed by atoms with Crippen LogP contribution in [0.3, 0.4) is 0 Å². The third kappa shape index (κ3) is 52.1. The summed E-state index contributed by atoms with van der Waals surface area (Å²) in [5, 5.41) is 23.2. The summed E-state index contributed by atoms with van der Waals surface area (Å²) in [4.78, 5) is 24.5. The smallest absolute Gasteiger partial charge is 0.305 e. The molecule has 0 rings (SSSR count). The van der Waals surface area contributed by atoms with Crippen LogP contribution in [-0.4, -0.2) is 47.4 Å². The first-order chi connectivity index (χ1) is 32.0. The van der Waals surface area contributed by atoms with E-state index in [1.807, 2.05) is 0 Å². The minimum atomic E-state index is -0.662. The molecule has 1 amide bonds. The highest BCUT2D eigenvalue weighted by Gasteiger charge is 2.20. The molecule has 0 aromatic carbocycles. The third-order valence-corrected chi connectivity index (χ3v) is 14.2. The normalized spacial score (nSPS) is 12.5. The monoisotopic (exact) mass is 920 g/mol. The maximum absolute atomic E-state index is 12.4. The van der Waals surface area contributed by atoms with Crippen LogP contribution in [0.15, 0.2) is 0 Å². The quantitative estimate of drug-likeness (QED) is 0.0417. The molecule has 0 bridgehead atoms. The van der Waals surface area contributed by atoms with Crippen LogP contribution in [0.2, 0.25) is 0 Å². The van der Waals surface area contributed by atoms with Crippen molar-refractivity contribution in [1.29, 1.82) is 0 Å². The van der Waals surface area contributed by atoms with Gasteiger partial charge in [-0.15, -0.1) is 0 Å². The first kappa shape index (κ1) is 63.9. The fraction of sp³-hybridized carbons (Fsp3) is 0.966. The summed E-state index contributed by atoms with van der Waals surface area (Å²) in [7, 11) is 0. The molecule has 0 saturated carbocycles. The summed E-state index contributed by atoms with van der Waals surface area (Å²) in [6, 6.07) is -0.539. The molecule has 0 aliphatic carbocycles. The van der Waals surface area contributed by atoms with Gasteiger partial charge in [0, 0.05) is 12.8 Å². The van der Waals surface area contributed by atoms with Crippen LogP contribution in [0.4, 0.5) is 0 Å². The van der Waals surface area contributed by atoms with Crippen LogP contribution in [-0.2, 0) is 14.3 Å². The van der Waals surface area contributed by atoms with E-state index in [2.05, 4.69) is 19.2 Å². The van der Waals surface area contributed by atoms with Gasteiger partial charge in [0.1, 0.15) is 0 Å². The minimum absolute atomic E-state index is 0.0162. The first-order valence-electron chi connectivity index (χ1n) is 29.8. The second-order valence-corrected chi connectivity index (χ2v) is 20.7. The molecular formula is C59H117NO5. The van der Waals surface area contributed by atoms with Crippen molar-refractivity contribution >= 4 is 11.9 Å². The molecule has 0 heterocycles. The van der Waals surface area contributed by atoms with E-state index in [9.17, 15) is 19.8 Å². The van der Waals surface area contributed by atoms with Gasteiger partial charge in [0.15, 0.2) is 0 Å². The Morgan fingerprint density at radius 1 is 0.369 bits per heavy atom. The number of unbranched alkanes of at least 4 members (excludes halogenated alkanes) is 45. The van der Waals surface area contributed by atoms with Crippen LogP contribution in [0.25, 0.3) is 0 Å². The Labute approximate surface area is 406 Å². The summed E-state index contributed by atoms with van der Waals surface area (Å²) in [6.45, 7) is 4.97. The molecular weight excluding hydrogens is 803 g/mol. The molecule has 65 heavy (non-hydrogen) atoms. The lowest BCUT2D eigenvalue weighted by Crippen LogP contribution is -2.45. The predicted octanol–water partition coefficient (Wildman–Crippen LogP) is 18.3. The molecule has 0 radical (unpaired) electrons. The Morgan fingerprint density at radius 2 is 0.631 bits per heavy atom. The fourth-order valence-corrected chi connectivity index (χ4v) is 9.58. The van der Waals surface area contributed by atoms with Crippen LogP contribution in [0.5, 0.6) is 0 Å². The topological polar surface area (TPSA) is 95.9 Å². The van der Waals surface area contributed by atoms with Crippen molar-refractivity contribution in [3.8, 4) is 0 Å². The Morgan fingerprint density at radius 3 is 0.938 bits per heavy atom. The standard InChI is InChI=1S/C59H117NO5/c1-3-5-7-9-11-13-15-16-17-26-29-33-37-41-45-49-53-59(64)65-54-50-46-42-38-34-30-27-24-22-20-18-19-21-23-25-28-32-36-40-44-48-52-58(63)60-56(55-61)57(62)51-47-43-39-35-31-14-12-10-8-6-4-2/h56-57,61-62H,3-55H2,1-2H3,(H,60,63). The zero-order chi connectivity index (χ0) is 47.2. The van der Waals surface area contributed by atoms with Gasteiger partial charge in [0.05, 0.1) is 25.4 Å². The molecule has 6 heteroatoms. The number of esters is 1. The second-order valence-electron chi connectivity index (χ2n) is 20.7. The number of hydrogen-bond acceptors (Lipinski definition) is 5. The molecule has 388 valence electrons. The van der Waals surface area contributed by atoms with E-state index in [4.69, 9.17) is 4.74 Å². The SMILES string of the molecule is CCCCCCCCCCCCCCCCCCC(=O)OCCCCCCCCCCCCCCCCCCCCCCCC(=O)NC(CO)C(O)CCCCCCCCCCCCC. The Kier molecular flexibility index (Phi) is 54.5. The Balaban J connectivity index is 3.34. The van der Waals surface area contributed by atoms with Gasteiger partial charge in [-0.05, 0) is 25.7 Å². The van der Waals surface area contributed by atoms with Crippen molar-refractivity contribution in [3.63, 3.8) is 0 Å². The molecule has 6 nitrogen and oxygen atoms in total. The minimum Gasteiger partial charge on any atom is -0.466 e. The van der Waals surface area contributed by atoms with Crippen LogP contribution in [0, 0.1) is 0 Å². The van der Waals surface area contributed by atoms with Gasteiger partial charge in [-0.25, -0.2) is 0 Å². The first-order valence-corrected chi connectivity index (χ1v) is 29.8. The van der Waals surface area contributed by atoms with Crippen LogP contribution >= 0.6 is 0 Å². The lowest BCUT2D eigenvalue weighted by Gasteiger charge is -2.22. The zero-order valence-corrected chi connectivity index (χ0v) is 44.3. The number of hydrogen-bond donors (Lipinski definition) is 3. The highest BCUT2D eigenvalue weighted by atomic mass is 16.5. The molecule has 0 aliphatic rings.